The normalized spacial score (nSPS) is 34.1. The molecular weight excluding hydrogens is 194 g/mol. The standard InChI is InChI=1S/C11H15NO3/c1-6-4-9(14)12(10(6)15)7-5-8(13)11(7,2)3/h4,7-8,13H,5H2,1-3H3. The molecule has 0 saturated heterocycles. The average Bonchev–Trinajstić information content (AvgIpc) is 2.39. The van der Waals surface area contributed by atoms with Gasteiger partial charge in [0.1, 0.15) is 0 Å². The number of hydrogen-bond acceptors (Lipinski definition) is 3. The average molecular weight is 209 g/mol. The van der Waals surface area contributed by atoms with Gasteiger partial charge in [-0.15, -0.1) is 0 Å². The van der Waals surface area contributed by atoms with Crippen LogP contribution in [0, 0.1) is 5.41 Å². The molecule has 2 amide bonds. The Bertz CT molecular complexity index is 370. The lowest BCUT2D eigenvalue weighted by Gasteiger charge is -2.52. The van der Waals surface area contributed by atoms with Crippen LogP contribution in [-0.2, 0) is 9.59 Å². The van der Waals surface area contributed by atoms with Crippen LogP contribution in [0.3, 0.4) is 0 Å². The van der Waals surface area contributed by atoms with Gasteiger partial charge in [0.25, 0.3) is 11.8 Å². The summed E-state index contributed by atoms with van der Waals surface area (Å²) in [6.45, 7) is 5.39. The van der Waals surface area contributed by atoms with Crippen LogP contribution in [0.25, 0.3) is 0 Å². The quantitative estimate of drug-likeness (QED) is 0.638. The summed E-state index contributed by atoms with van der Waals surface area (Å²) in [6, 6.07) is -0.166. The molecule has 2 unspecified atom stereocenters. The second-order valence-electron chi connectivity index (χ2n) is 4.93. The molecule has 4 heteroatoms. The first kappa shape index (κ1) is 10.4. The molecule has 1 aliphatic heterocycles. The molecule has 1 aliphatic carbocycles. The molecule has 2 atom stereocenters. The fourth-order valence-electron chi connectivity index (χ4n) is 2.22. The fourth-order valence-corrected chi connectivity index (χ4v) is 2.22. The van der Waals surface area contributed by atoms with E-state index in [0.717, 1.165) is 0 Å². The summed E-state index contributed by atoms with van der Waals surface area (Å²) in [4.78, 5) is 24.6. The Morgan fingerprint density at radius 1 is 1.47 bits per heavy atom. The molecule has 0 radical (unpaired) electrons. The lowest BCUT2D eigenvalue weighted by atomic mass is 9.64. The van der Waals surface area contributed by atoms with Gasteiger partial charge in [0.05, 0.1) is 12.1 Å². The van der Waals surface area contributed by atoms with Crippen LogP contribution in [0.1, 0.15) is 27.2 Å². The highest BCUT2D eigenvalue weighted by atomic mass is 16.3. The van der Waals surface area contributed by atoms with Crippen molar-refractivity contribution in [3.8, 4) is 0 Å². The van der Waals surface area contributed by atoms with E-state index in [4.69, 9.17) is 0 Å². The smallest absolute Gasteiger partial charge is 0.256 e. The summed E-state index contributed by atoms with van der Waals surface area (Å²) in [5.74, 6) is -0.465. The van der Waals surface area contributed by atoms with Gasteiger partial charge in [-0.1, -0.05) is 13.8 Å². The van der Waals surface area contributed by atoms with Gasteiger partial charge in [-0.3, -0.25) is 14.5 Å². The largest absolute Gasteiger partial charge is 0.392 e. The number of rotatable bonds is 1. The Kier molecular flexibility index (Phi) is 2.01. The van der Waals surface area contributed by atoms with E-state index in [1.54, 1.807) is 6.92 Å². The molecule has 0 spiro atoms. The number of hydrogen-bond donors (Lipinski definition) is 1. The zero-order valence-corrected chi connectivity index (χ0v) is 9.15. The molecule has 0 bridgehead atoms. The van der Waals surface area contributed by atoms with Crippen LogP contribution in [0.2, 0.25) is 0 Å². The fraction of sp³-hybridized carbons (Fsp3) is 0.636. The van der Waals surface area contributed by atoms with E-state index in [1.165, 1.54) is 11.0 Å². The van der Waals surface area contributed by atoms with Gasteiger partial charge in [-0.25, -0.2) is 0 Å². The van der Waals surface area contributed by atoms with Crippen molar-refractivity contribution in [2.24, 2.45) is 5.41 Å². The van der Waals surface area contributed by atoms with Gasteiger partial charge in [0, 0.05) is 17.1 Å². The first-order valence-electron chi connectivity index (χ1n) is 5.09. The number of carbonyl (C=O) groups excluding carboxylic acids is 2. The minimum Gasteiger partial charge on any atom is -0.392 e. The van der Waals surface area contributed by atoms with Crippen molar-refractivity contribution in [2.45, 2.75) is 39.3 Å². The van der Waals surface area contributed by atoms with E-state index in [-0.39, 0.29) is 23.3 Å². The third kappa shape index (κ3) is 1.24. The summed E-state index contributed by atoms with van der Waals surface area (Å²) in [6.07, 6.45) is 1.43. The van der Waals surface area contributed by atoms with Crippen LogP contribution >= 0.6 is 0 Å². The van der Waals surface area contributed by atoms with E-state index < -0.39 is 6.10 Å². The second-order valence-corrected chi connectivity index (χ2v) is 4.93. The van der Waals surface area contributed by atoms with E-state index in [1.807, 2.05) is 13.8 Å². The first-order chi connectivity index (χ1) is 6.85. The Balaban J connectivity index is 2.22. The molecule has 0 aromatic rings. The van der Waals surface area contributed by atoms with Crippen molar-refractivity contribution < 1.29 is 14.7 Å². The Morgan fingerprint density at radius 2 is 2.07 bits per heavy atom. The van der Waals surface area contributed by atoms with E-state index >= 15 is 0 Å². The SMILES string of the molecule is CC1=CC(=O)N(C2CC(O)C2(C)C)C1=O. The third-order valence-electron chi connectivity index (χ3n) is 3.61. The number of imide groups is 1. The summed E-state index contributed by atoms with van der Waals surface area (Å²) >= 11 is 0. The highest BCUT2D eigenvalue weighted by molar-refractivity contribution is 6.16. The molecule has 2 rings (SSSR count). The zero-order valence-electron chi connectivity index (χ0n) is 9.15. The van der Waals surface area contributed by atoms with Gasteiger partial charge in [-0.05, 0) is 13.3 Å². The number of carbonyl (C=O) groups is 2. The molecule has 82 valence electrons. The molecule has 2 aliphatic rings. The predicted molar refractivity (Wildman–Crippen MR) is 53.8 cm³/mol. The molecule has 1 heterocycles. The highest BCUT2D eigenvalue weighted by Gasteiger charge is 2.54. The van der Waals surface area contributed by atoms with Crippen molar-refractivity contribution in [3.05, 3.63) is 11.6 Å². The van der Waals surface area contributed by atoms with Crippen molar-refractivity contribution in [3.63, 3.8) is 0 Å². The third-order valence-corrected chi connectivity index (χ3v) is 3.61. The monoisotopic (exact) mass is 209 g/mol. The maximum absolute atomic E-state index is 11.7. The molecule has 1 saturated carbocycles. The summed E-state index contributed by atoms with van der Waals surface area (Å²) in [5, 5.41) is 9.58. The number of aliphatic hydroxyl groups excluding tert-OH is 1. The van der Waals surface area contributed by atoms with Crippen molar-refractivity contribution in [2.75, 3.05) is 0 Å². The van der Waals surface area contributed by atoms with Gasteiger partial charge < -0.3 is 5.11 Å². The molecule has 0 aromatic heterocycles. The van der Waals surface area contributed by atoms with Crippen LogP contribution in [-0.4, -0.2) is 34.0 Å². The lowest BCUT2D eigenvalue weighted by molar-refractivity contribution is -0.160. The molecule has 0 aromatic carbocycles. The Hall–Kier alpha value is -1.16. The minimum absolute atomic E-state index is 0.166. The minimum atomic E-state index is -0.427. The number of aliphatic hydroxyl groups is 1. The van der Waals surface area contributed by atoms with E-state index in [9.17, 15) is 14.7 Å². The van der Waals surface area contributed by atoms with Crippen molar-refractivity contribution in [1.82, 2.24) is 4.90 Å². The summed E-state index contributed by atoms with van der Waals surface area (Å²) < 4.78 is 0. The van der Waals surface area contributed by atoms with Crippen LogP contribution in [0.4, 0.5) is 0 Å². The van der Waals surface area contributed by atoms with E-state index in [2.05, 4.69) is 0 Å². The summed E-state index contributed by atoms with van der Waals surface area (Å²) in [7, 11) is 0. The molecule has 1 fully saturated rings. The summed E-state index contributed by atoms with van der Waals surface area (Å²) in [5.41, 5.74) is 0.0984. The van der Waals surface area contributed by atoms with Crippen LogP contribution in [0.15, 0.2) is 11.6 Å². The van der Waals surface area contributed by atoms with Crippen molar-refractivity contribution >= 4 is 11.8 Å². The van der Waals surface area contributed by atoms with Gasteiger partial charge in [-0.2, -0.15) is 0 Å². The maximum atomic E-state index is 11.7. The number of amides is 2. The van der Waals surface area contributed by atoms with Gasteiger partial charge >= 0.3 is 0 Å². The molecule has 15 heavy (non-hydrogen) atoms. The Labute approximate surface area is 88.6 Å². The Morgan fingerprint density at radius 3 is 2.40 bits per heavy atom. The van der Waals surface area contributed by atoms with Crippen molar-refractivity contribution in [1.29, 1.82) is 0 Å². The highest BCUT2D eigenvalue weighted by Crippen LogP contribution is 2.45. The molecule has 1 N–H and O–H groups in total. The zero-order chi connectivity index (χ0) is 11.4. The van der Waals surface area contributed by atoms with Crippen LogP contribution < -0.4 is 0 Å². The maximum Gasteiger partial charge on any atom is 0.256 e. The predicted octanol–water partition coefficient (Wildman–Crippen LogP) is 0.461. The topological polar surface area (TPSA) is 57.6 Å². The molecular formula is C11H15NO3. The van der Waals surface area contributed by atoms with E-state index in [0.29, 0.717) is 12.0 Å². The number of nitrogens with zero attached hydrogens (tertiary/aromatic N) is 1. The molecule has 4 nitrogen and oxygen atoms in total. The second kappa shape index (κ2) is 2.92. The van der Waals surface area contributed by atoms with Gasteiger partial charge in [0.15, 0.2) is 0 Å². The first-order valence-corrected chi connectivity index (χ1v) is 5.09. The van der Waals surface area contributed by atoms with Crippen LogP contribution in [0.5, 0.6) is 0 Å². The lowest BCUT2D eigenvalue weighted by Crippen LogP contribution is -2.62. The van der Waals surface area contributed by atoms with Gasteiger partial charge in [0.2, 0.25) is 0 Å².